The summed E-state index contributed by atoms with van der Waals surface area (Å²) in [5.41, 5.74) is 1.23. The summed E-state index contributed by atoms with van der Waals surface area (Å²) < 4.78 is 10.4. The highest BCUT2D eigenvalue weighted by molar-refractivity contribution is 5.28. The van der Waals surface area contributed by atoms with Gasteiger partial charge in [0.2, 0.25) is 5.89 Å². The van der Waals surface area contributed by atoms with Gasteiger partial charge in [0.25, 0.3) is 0 Å². The topological polar surface area (TPSA) is 60.2 Å². The summed E-state index contributed by atoms with van der Waals surface area (Å²) in [7, 11) is 0. The van der Waals surface area contributed by atoms with Crippen LogP contribution in [0.15, 0.2) is 35.1 Å². The fraction of sp³-hybridized carbons (Fsp3) is 0.429. The van der Waals surface area contributed by atoms with Gasteiger partial charge in [-0.2, -0.15) is 4.98 Å². The third-order valence-corrected chi connectivity index (χ3v) is 2.89. The van der Waals surface area contributed by atoms with E-state index in [-0.39, 0.29) is 6.04 Å². The van der Waals surface area contributed by atoms with Crippen molar-refractivity contribution < 1.29 is 9.26 Å². The van der Waals surface area contributed by atoms with Gasteiger partial charge >= 0.3 is 0 Å². The first kappa shape index (κ1) is 13.5. The van der Waals surface area contributed by atoms with Crippen LogP contribution in [0.25, 0.3) is 0 Å². The first-order valence-corrected chi connectivity index (χ1v) is 6.51. The number of hydrogen-bond donors (Lipinski definition) is 1. The molecular formula is C14H19N3O2. The summed E-state index contributed by atoms with van der Waals surface area (Å²) >= 11 is 0. The Kier molecular flexibility index (Phi) is 4.92. The van der Waals surface area contributed by atoms with E-state index in [1.165, 1.54) is 11.9 Å². The minimum absolute atomic E-state index is 0.276. The molecule has 0 spiro atoms. The zero-order chi connectivity index (χ0) is 13.5. The monoisotopic (exact) mass is 261 g/mol. The highest BCUT2D eigenvalue weighted by Crippen LogP contribution is 2.17. The minimum atomic E-state index is 0.276. The normalized spacial score (nSPS) is 12.3. The van der Waals surface area contributed by atoms with Crippen LogP contribution >= 0.6 is 0 Å². The molecule has 1 heterocycles. The van der Waals surface area contributed by atoms with E-state index in [1.54, 1.807) is 0 Å². The minimum Gasteiger partial charge on any atom is -0.494 e. The number of nitrogens with zero attached hydrogens (tertiary/aromatic N) is 2. The lowest BCUT2D eigenvalue weighted by Gasteiger charge is -2.14. The van der Waals surface area contributed by atoms with Gasteiger partial charge in [-0.3, -0.25) is 0 Å². The van der Waals surface area contributed by atoms with Crippen LogP contribution in [0.5, 0.6) is 5.75 Å². The van der Waals surface area contributed by atoms with Crippen LogP contribution in [0.3, 0.4) is 0 Å². The summed E-state index contributed by atoms with van der Waals surface area (Å²) in [6.45, 7) is 5.60. The lowest BCUT2D eigenvalue weighted by molar-refractivity contribution is 0.340. The van der Waals surface area contributed by atoms with Gasteiger partial charge in [-0.1, -0.05) is 17.3 Å². The Bertz CT molecular complexity index is 468. The first-order valence-electron chi connectivity index (χ1n) is 6.51. The fourth-order valence-corrected chi connectivity index (χ4v) is 1.84. The van der Waals surface area contributed by atoms with Crippen LogP contribution < -0.4 is 10.1 Å². The summed E-state index contributed by atoms with van der Waals surface area (Å²) in [6.07, 6.45) is 2.16. The molecule has 0 saturated carbocycles. The molecule has 1 N–H and O–H groups in total. The predicted molar refractivity (Wildman–Crippen MR) is 72.0 cm³/mol. The average molecular weight is 261 g/mol. The maximum absolute atomic E-state index is 5.42. The maximum Gasteiger partial charge on any atom is 0.227 e. The zero-order valence-electron chi connectivity index (χ0n) is 11.3. The standard InChI is InChI=1S/C14H19N3O2/c1-3-18-13-6-4-12(5-7-13)11(2)15-9-8-14-16-10-17-19-14/h4-7,10-11,15H,3,8-9H2,1-2H3. The molecule has 1 unspecified atom stereocenters. The molecule has 2 rings (SSSR count). The van der Waals surface area contributed by atoms with Crippen molar-refractivity contribution in [3.8, 4) is 5.75 Å². The van der Waals surface area contributed by atoms with Crippen LogP contribution in [-0.4, -0.2) is 23.3 Å². The second kappa shape index (κ2) is 6.89. The van der Waals surface area contributed by atoms with Crippen LogP contribution in [0.4, 0.5) is 0 Å². The molecule has 1 aromatic carbocycles. The van der Waals surface area contributed by atoms with Crippen molar-refractivity contribution in [3.63, 3.8) is 0 Å². The van der Waals surface area contributed by atoms with Gasteiger partial charge in [0.1, 0.15) is 5.75 Å². The Hall–Kier alpha value is -1.88. The van der Waals surface area contributed by atoms with Crippen molar-refractivity contribution in [1.82, 2.24) is 15.5 Å². The molecule has 102 valence electrons. The quantitative estimate of drug-likeness (QED) is 0.829. The number of hydrogen-bond acceptors (Lipinski definition) is 5. The van der Waals surface area contributed by atoms with E-state index in [2.05, 4.69) is 34.5 Å². The van der Waals surface area contributed by atoms with Gasteiger partial charge in [0.05, 0.1) is 6.61 Å². The van der Waals surface area contributed by atoms with E-state index in [9.17, 15) is 0 Å². The largest absolute Gasteiger partial charge is 0.494 e. The van der Waals surface area contributed by atoms with E-state index in [4.69, 9.17) is 9.26 Å². The van der Waals surface area contributed by atoms with E-state index >= 15 is 0 Å². The third kappa shape index (κ3) is 4.06. The number of benzene rings is 1. The molecule has 0 aliphatic rings. The molecule has 5 heteroatoms. The van der Waals surface area contributed by atoms with Crippen LogP contribution in [0.2, 0.25) is 0 Å². The summed E-state index contributed by atoms with van der Waals surface area (Å²) in [5.74, 6) is 1.57. The molecule has 19 heavy (non-hydrogen) atoms. The first-order chi connectivity index (χ1) is 9.29. The molecule has 2 aromatic rings. The summed E-state index contributed by atoms with van der Waals surface area (Å²) in [5, 5.41) is 7.00. The summed E-state index contributed by atoms with van der Waals surface area (Å²) in [6, 6.07) is 8.42. The van der Waals surface area contributed by atoms with E-state index in [0.717, 1.165) is 18.7 Å². The smallest absolute Gasteiger partial charge is 0.227 e. The Morgan fingerprint density at radius 1 is 1.32 bits per heavy atom. The Balaban J connectivity index is 1.80. The van der Waals surface area contributed by atoms with Crippen LogP contribution in [0.1, 0.15) is 31.3 Å². The number of nitrogens with one attached hydrogen (secondary N) is 1. The van der Waals surface area contributed by atoms with E-state index < -0.39 is 0 Å². The number of aromatic nitrogens is 2. The molecule has 0 radical (unpaired) electrons. The number of rotatable bonds is 7. The summed E-state index contributed by atoms with van der Waals surface area (Å²) in [4.78, 5) is 3.98. The molecule has 1 aromatic heterocycles. The molecule has 0 fully saturated rings. The van der Waals surface area contributed by atoms with Gasteiger partial charge in [-0.25, -0.2) is 0 Å². The predicted octanol–water partition coefficient (Wildman–Crippen LogP) is 2.36. The molecule has 0 amide bonds. The molecular weight excluding hydrogens is 242 g/mol. The highest BCUT2D eigenvalue weighted by Gasteiger charge is 2.06. The maximum atomic E-state index is 5.42. The van der Waals surface area contributed by atoms with Crippen molar-refractivity contribution >= 4 is 0 Å². The lowest BCUT2D eigenvalue weighted by Crippen LogP contribution is -2.21. The zero-order valence-corrected chi connectivity index (χ0v) is 11.3. The second-order valence-electron chi connectivity index (χ2n) is 4.26. The highest BCUT2D eigenvalue weighted by atomic mass is 16.5. The van der Waals surface area contributed by atoms with Crippen molar-refractivity contribution in [2.24, 2.45) is 0 Å². The van der Waals surface area contributed by atoms with Gasteiger partial charge in [-0.15, -0.1) is 0 Å². The van der Waals surface area contributed by atoms with Crippen LogP contribution in [0, 0.1) is 0 Å². The molecule has 0 saturated heterocycles. The van der Waals surface area contributed by atoms with Gasteiger partial charge in [0, 0.05) is 19.0 Å². The van der Waals surface area contributed by atoms with Crippen molar-refractivity contribution in [3.05, 3.63) is 42.0 Å². The van der Waals surface area contributed by atoms with Crippen LogP contribution in [-0.2, 0) is 6.42 Å². The second-order valence-corrected chi connectivity index (χ2v) is 4.26. The molecule has 1 atom stereocenters. The molecule has 0 bridgehead atoms. The fourth-order valence-electron chi connectivity index (χ4n) is 1.84. The Labute approximate surface area is 113 Å². The van der Waals surface area contributed by atoms with E-state index in [0.29, 0.717) is 12.5 Å². The average Bonchev–Trinajstić information content (AvgIpc) is 2.93. The Morgan fingerprint density at radius 2 is 2.11 bits per heavy atom. The van der Waals surface area contributed by atoms with Crippen molar-refractivity contribution in [2.45, 2.75) is 26.3 Å². The van der Waals surface area contributed by atoms with Gasteiger partial charge in [-0.05, 0) is 31.5 Å². The molecule has 0 aliphatic heterocycles. The number of ether oxygens (including phenoxy) is 1. The molecule has 0 aliphatic carbocycles. The van der Waals surface area contributed by atoms with E-state index in [1.807, 2.05) is 19.1 Å². The van der Waals surface area contributed by atoms with Crippen molar-refractivity contribution in [2.75, 3.05) is 13.2 Å². The lowest BCUT2D eigenvalue weighted by atomic mass is 10.1. The Morgan fingerprint density at radius 3 is 2.74 bits per heavy atom. The molecule has 5 nitrogen and oxygen atoms in total. The third-order valence-electron chi connectivity index (χ3n) is 2.89. The van der Waals surface area contributed by atoms with Gasteiger partial charge < -0.3 is 14.6 Å². The van der Waals surface area contributed by atoms with Gasteiger partial charge in [0.15, 0.2) is 6.33 Å². The van der Waals surface area contributed by atoms with Crippen molar-refractivity contribution in [1.29, 1.82) is 0 Å². The SMILES string of the molecule is CCOc1ccc(C(C)NCCc2ncno2)cc1.